The van der Waals surface area contributed by atoms with Crippen molar-refractivity contribution in [2.24, 2.45) is 0 Å². The van der Waals surface area contributed by atoms with Crippen molar-refractivity contribution in [3.8, 4) is 0 Å². The molecule has 0 spiro atoms. The number of rotatable bonds is 3. The van der Waals surface area contributed by atoms with E-state index in [1.54, 1.807) is 0 Å². The number of hydrogen-bond donors (Lipinski definition) is 0. The van der Waals surface area contributed by atoms with Gasteiger partial charge in [-0.1, -0.05) is 48.5 Å². The maximum Gasteiger partial charge on any atom is 0.0946 e. The monoisotopic (exact) mass is 298 g/mol. The lowest BCUT2D eigenvalue weighted by atomic mass is 10.0. The molecule has 2 aromatic rings. The van der Waals surface area contributed by atoms with Crippen molar-refractivity contribution < 1.29 is 4.74 Å². The van der Waals surface area contributed by atoms with Crippen LogP contribution < -0.4 is 0 Å². The summed E-state index contributed by atoms with van der Waals surface area (Å²) < 4.78 is 6.11. The third kappa shape index (κ3) is 3.33. The highest BCUT2D eigenvalue weighted by molar-refractivity contribution is 8.00. The Balaban J connectivity index is 1.85. The summed E-state index contributed by atoms with van der Waals surface area (Å²) in [5, 5.41) is 0.501. The molecule has 0 radical (unpaired) electrons. The van der Waals surface area contributed by atoms with E-state index in [9.17, 15) is 0 Å². The Morgan fingerprint density at radius 3 is 2.38 bits per heavy atom. The van der Waals surface area contributed by atoms with E-state index in [0.29, 0.717) is 5.25 Å². The number of ether oxygens (including phenoxy) is 1. The molecule has 1 aliphatic rings. The van der Waals surface area contributed by atoms with Gasteiger partial charge < -0.3 is 4.74 Å². The van der Waals surface area contributed by atoms with E-state index >= 15 is 0 Å². The van der Waals surface area contributed by atoms with Gasteiger partial charge in [0.15, 0.2) is 0 Å². The zero-order chi connectivity index (χ0) is 14.7. The predicted molar refractivity (Wildman–Crippen MR) is 89.9 cm³/mol. The fraction of sp³-hybridized carbons (Fsp3) is 0.368. The van der Waals surface area contributed by atoms with Crippen molar-refractivity contribution >= 4 is 11.8 Å². The molecular weight excluding hydrogens is 276 g/mol. The van der Waals surface area contributed by atoms with E-state index in [0.717, 1.165) is 13.0 Å². The normalized spacial score (nSPS) is 22.2. The van der Waals surface area contributed by atoms with Gasteiger partial charge in [0, 0.05) is 16.8 Å². The molecule has 1 fully saturated rings. The molecule has 110 valence electrons. The SMILES string of the molecule is Cc1cccc(C)c1S[C@H]1CCCO[C@@H]1c1ccccc1. The second-order valence-electron chi connectivity index (χ2n) is 5.72. The van der Waals surface area contributed by atoms with Gasteiger partial charge in [0.25, 0.3) is 0 Å². The summed E-state index contributed by atoms with van der Waals surface area (Å²) >= 11 is 2.00. The number of hydrogen-bond acceptors (Lipinski definition) is 2. The first kappa shape index (κ1) is 14.7. The minimum atomic E-state index is 0.212. The van der Waals surface area contributed by atoms with Crippen LogP contribution in [0.3, 0.4) is 0 Å². The summed E-state index contributed by atoms with van der Waals surface area (Å²) in [6.45, 7) is 5.29. The lowest BCUT2D eigenvalue weighted by Gasteiger charge is -2.32. The number of aryl methyl sites for hydroxylation is 2. The summed E-state index contributed by atoms with van der Waals surface area (Å²) in [5.74, 6) is 0. The third-order valence-corrected chi connectivity index (χ3v) is 5.74. The van der Waals surface area contributed by atoms with Gasteiger partial charge in [-0.3, -0.25) is 0 Å². The molecule has 3 rings (SSSR count). The van der Waals surface area contributed by atoms with Crippen LogP contribution in [0.5, 0.6) is 0 Å². The van der Waals surface area contributed by atoms with Gasteiger partial charge in [-0.2, -0.15) is 0 Å². The Bertz CT molecular complexity index is 574. The Hall–Kier alpha value is -1.25. The molecule has 1 aliphatic heterocycles. The smallest absolute Gasteiger partial charge is 0.0946 e. The van der Waals surface area contributed by atoms with Crippen molar-refractivity contribution in [2.75, 3.05) is 6.61 Å². The fourth-order valence-electron chi connectivity index (χ4n) is 2.96. The second kappa shape index (κ2) is 6.67. The van der Waals surface area contributed by atoms with E-state index in [2.05, 4.69) is 62.4 Å². The van der Waals surface area contributed by atoms with Crippen molar-refractivity contribution in [1.29, 1.82) is 0 Å². The Morgan fingerprint density at radius 1 is 0.952 bits per heavy atom. The number of benzene rings is 2. The first-order valence-electron chi connectivity index (χ1n) is 7.65. The lowest BCUT2D eigenvalue weighted by molar-refractivity contribution is 0.0202. The first-order valence-corrected chi connectivity index (χ1v) is 8.53. The van der Waals surface area contributed by atoms with Crippen LogP contribution >= 0.6 is 11.8 Å². The topological polar surface area (TPSA) is 9.23 Å². The molecule has 0 aromatic heterocycles. The standard InChI is InChI=1S/C19H22OS/c1-14-8-6-9-15(2)19(14)21-17-12-7-13-20-18(17)16-10-4-3-5-11-16/h3-6,8-11,17-18H,7,12-13H2,1-2H3/t17-,18+/m0/s1. The Morgan fingerprint density at radius 2 is 1.67 bits per heavy atom. The maximum absolute atomic E-state index is 6.11. The van der Waals surface area contributed by atoms with Gasteiger partial charge in [0.2, 0.25) is 0 Å². The average molecular weight is 298 g/mol. The molecule has 2 atom stereocenters. The highest BCUT2D eigenvalue weighted by Crippen LogP contribution is 2.41. The molecule has 2 heteroatoms. The summed E-state index contributed by atoms with van der Waals surface area (Å²) in [4.78, 5) is 1.42. The number of thioether (sulfide) groups is 1. The maximum atomic E-state index is 6.11. The van der Waals surface area contributed by atoms with Crippen LogP contribution in [0, 0.1) is 13.8 Å². The Kier molecular flexibility index (Phi) is 4.67. The fourth-order valence-corrected chi connectivity index (χ4v) is 4.42. The molecule has 0 N–H and O–H groups in total. The largest absolute Gasteiger partial charge is 0.372 e. The van der Waals surface area contributed by atoms with Gasteiger partial charge in [-0.05, 0) is 43.4 Å². The third-order valence-electron chi connectivity index (χ3n) is 4.07. The van der Waals surface area contributed by atoms with Gasteiger partial charge in [-0.25, -0.2) is 0 Å². The average Bonchev–Trinajstić information content (AvgIpc) is 2.52. The lowest BCUT2D eigenvalue weighted by Crippen LogP contribution is -2.24. The van der Waals surface area contributed by atoms with Crippen LogP contribution in [0.25, 0.3) is 0 Å². The van der Waals surface area contributed by atoms with Crippen LogP contribution in [0.2, 0.25) is 0 Å². The van der Waals surface area contributed by atoms with E-state index < -0.39 is 0 Å². The van der Waals surface area contributed by atoms with Crippen LogP contribution in [0.1, 0.15) is 35.6 Å². The van der Waals surface area contributed by atoms with E-state index in [4.69, 9.17) is 4.74 Å². The van der Waals surface area contributed by atoms with Crippen molar-refractivity contribution in [3.63, 3.8) is 0 Å². The molecule has 0 bridgehead atoms. The summed E-state index contributed by atoms with van der Waals surface area (Å²) in [6, 6.07) is 17.2. The molecule has 0 amide bonds. The van der Waals surface area contributed by atoms with Gasteiger partial charge in [0.1, 0.15) is 0 Å². The molecule has 2 aromatic carbocycles. The predicted octanol–water partition coefficient (Wildman–Crippen LogP) is 5.32. The summed E-state index contributed by atoms with van der Waals surface area (Å²) in [5.41, 5.74) is 4.05. The van der Waals surface area contributed by atoms with Crippen LogP contribution in [-0.4, -0.2) is 11.9 Å². The second-order valence-corrected chi connectivity index (χ2v) is 6.97. The van der Waals surface area contributed by atoms with Crippen LogP contribution in [-0.2, 0) is 4.74 Å². The van der Waals surface area contributed by atoms with Crippen molar-refractivity contribution in [3.05, 3.63) is 65.2 Å². The van der Waals surface area contributed by atoms with Gasteiger partial charge >= 0.3 is 0 Å². The van der Waals surface area contributed by atoms with E-state index in [-0.39, 0.29) is 6.10 Å². The first-order chi connectivity index (χ1) is 10.3. The molecule has 1 saturated heterocycles. The zero-order valence-corrected chi connectivity index (χ0v) is 13.5. The molecule has 0 aliphatic carbocycles. The van der Waals surface area contributed by atoms with Crippen LogP contribution in [0.15, 0.2) is 53.4 Å². The molecule has 1 heterocycles. The van der Waals surface area contributed by atoms with Crippen molar-refractivity contribution in [1.82, 2.24) is 0 Å². The highest BCUT2D eigenvalue weighted by Gasteiger charge is 2.28. The zero-order valence-electron chi connectivity index (χ0n) is 12.7. The Labute approximate surface area is 131 Å². The molecule has 1 nitrogen and oxygen atoms in total. The summed E-state index contributed by atoms with van der Waals surface area (Å²) in [7, 11) is 0. The minimum Gasteiger partial charge on any atom is -0.372 e. The van der Waals surface area contributed by atoms with Crippen LogP contribution in [0.4, 0.5) is 0 Å². The molecular formula is C19H22OS. The summed E-state index contributed by atoms with van der Waals surface area (Å²) in [6.07, 6.45) is 2.59. The van der Waals surface area contributed by atoms with Gasteiger partial charge in [0.05, 0.1) is 6.10 Å². The highest BCUT2D eigenvalue weighted by atomic mass is 32.2. The minimum absolute atomic E-state index is 0.212. The van der Waals surface area contributed by atoms with Gasteiger partial charge in [-0.15, -0.1) is 11.8 Å². The van der Waals surface area contributed by atoms with Crippen molar-refractivity contribution in [2.45, 2.75) is 42.9 Å². The van der Waals surface area contributed by atoms with E-state index in [1.807, 2.05) is 11.8 Å². The molecule has 0 saturated carbocycles. The van der Waals surface area contributed by atoms with E-state index in [1.165, 1.54) is 28.0 Å². The quantitative estimate of drug-likeness (QED) is 0.759. The molecule has 0 unspecified atom stereocenters. The molecule has 21 heavy (non-hydrogen) atoms.